The smallest absolute Gasteiger partial charge is 0.252 e. The SMILES string of the molecule is CS(=O)(=O)n1cccc1Cn1c(=O)ccc2cnc(Nc3ccc(C4CCNC4)cc3)nc21. The fraction of sp³-hybridized carbons (Fsp3) is 0.261. The van der Waals surface area contributed by atoms with Crippen molar-refractivity contribution < 1.29 is 8.42 Å². The Morgan fingerprint density at radius 3 is 2.70 bits per heavy atom. The van der Waals surface area contributed by atoms with E-state index in [1.54, 1.807) is 24.4 Å². The standard InChI is InChI=1S/C23H24N6O3S/c1-33(31,32)29-12-2-3-20(29)15-28-21(30)9-6-18-14-25-23(27-22(18)28)26-19-7-4-16(5-8-19)17-10-11-24-13-17/h2-9,12,14,17,24H,10-11,13,15H2,1H3,(H,25,26,27). The molecule has 9 nitrogen and oxygen atoms in total. The van der Waals surface area contributed by atoms with Gasteiger partial charge in [-0.1, -0.05) is 12.1 Å². The van der Waals surface area contributed by atoms with Gasteiger partial charge in [-0.25, -0.2) is 17.4 Å². The molecule has 1 aliphatic rings. The molecule has 10 heteroatoms. The molecular formula is C23H24N6O3S. The second-order valence-electron chi connectivity index (χ2n) is 8.23. The van der Waals surface area contributed by atoms with Gasteiger partial charge in [-0.05, 0) is 54.8 Å². The molecular weight excluding hydrogens is 440 g/mol. The monoisotopic (exact) mass is 464 g/mol. The Kier molecular flexibility index (Phi) is 5.47. The minimum Gasteiger partial charge on any atom is -0.324 e. The summed E-state index contributed by atoms with van der Waals surface area (Å²) in [5, 5.41) is 7.26. The summed E-state index contributed by atoms with van der Waals surface area (Å²) in [4.78, 5) is 21.6. The molecule has 1 atom stereocenters. The topological polar surface area (TPSA) is 111 Å². The molecule has 170 valence electrons. The zero-order valence-electron chi connectivity index (χ0n) is 18.1. The Balaban J connectivity index is 1.46. The zero-order valence-corrected chi connectivity index (χ0v) is 18.9. The highest BCUT2D eigenvalue weighted by molar-refractivity contribution is 7.89. The van der Waals surface area contributed by atoms with E-state index < -0.39 is 10.0 Å². The van der Waals surface area contributed by atoms with Crippen molar-refractivity contribution in [1.82, 2.24) is 23.8 Å². The van der Waals surface area contributed by atoms with Gasteiger partial charge >= 0.3 is 0 Å². The Morgan fingerprint density at radius 2 is 1.97 bits per heavy atom. The van der Waals surface area contributed by atoms with E-state index in [1.807, 2.05) is 12.1 Å². The highest BCUT2D eigenvalue weighted by Gasteiger charge is 2.17. The molecule has 1 saturated heterocycles. The van der Waals surface area contributed by atoms with E-state index in [0.29, 0.717) is 28.6 Å². The normalized spacial score (nSPS) is 16.3. The highest BCUT2D eigenvalue weighted by atomic mass is 32.2. The maximum absolute atomic E-state index is 12.7. The number of pyridine rings is 1. The van der Waals surface area contributed by atoms with E-state index in [2.05, 4.69) is 32.7 Å². The van der Waals surface area contributed by atoms with Gasteiger partial charge < -0.3 is 10.6 Å². The summed E-state index contributed by atoms with van der Waals surface area (Å²) in [6.45, 7) is 2.11. The quantitative estimate of drug-likeness (QED) is 0.450. The average Bonchev–Trinajstić information content (AvgIpc) is 3.48. The van der Waals surface area contributed by atoms with Crippen LogP contribution in [0.4, 0.5) is 11.6 Å². The van der Waals surface area contributed by atoms with Gasteiger partial charge in [0.25, 0.3) is 5.56 Å². The van der Waals surface area contributed by atoms with Crippen LogP contribution in [0.15, 0.2) is 65.7 Å². The van der Waals surface area contributed by atoms with Gasteiger partial charge in [0.15, 0.2) is 0 Å². The van der Waals surface area contributed by atoms with Crippen LogP contribution in [0.2, 0.25) is 0 Å². The summed E-state index contributed by atoms with van der Waals surface area (Å²) in [6.07, 6.45) is 5.38. The Bertz CT molecular complexity index is 1470. The zero-order chi connectivity index (χ0) is 23.0. The van der Waals surface area contributed by atoms with Crippen molar-refractivity contribution in [3.8, 4) is 0 Å². The van der Waals surface area contributed by atoms with E-state index in [0.717, 1.165) is 31.5 Å². The third kappa shape index (κ3) is 4.39. The van der Waals surface area contributed by atoms with Crippen molar-refractivity contribution in [2.75, 3.05) is 24.7 Å². The predicted octanol–water partition coefficient (Wildman–Crippen LogP) is 2.27. The van der Waals surface area contributed by atoms with Crippen LogP contribution >= 0.6 is 0 Å². The van der Waals surface area contributed by atoms with Crippen LogP contribution in [0, 0.1) is 0 Å². The summed E-state index contributed by atoms with van der Waals surface area (Å²) in [5.74, 6) is 0.895. The molecule has 0 bridgehead atoms. The highest BCUT2D eigenvalue weighted by Crippen LogP contribution is 2.24. The van der Waals surface area contributed by atoms with E-state index >= 15 is 0 Å². The number of benzene rings is 1. The first-order chi connectivity index (χ1) is 15.9. The van der Waals surface area contributed by atoms with Gasteiger partial charge in [-0.3, -0.25) is 9.36 Å². The number of fused-ring (bicyclic) bond motifs is 1. The van der Waals surface area contributed by atoms with Gasteiger partial charge in [-0.2, -0.15) is 4.98 Å². The molecule has 3 aromatic heterocycles. The van der Waals surface area contributed by atoms with Crippen molar-refractivity contribution in [3.05, 3.63) is 82.5 Å². The molecule has 1 fully saturated rings. The molecule has 5 rings (SSSR count). The van der Waals surface area contributed by atoms with E-state index in [4.69, 9.17) is 0 Å². The van der Waals surface area contributed by atoms with Crippen molar-refractivity contribution in [2.24, 2.45) is 0 Å². The van der Waals surface area contributed by atoms with Crippen molar-refractivity contribution in [2.45, 2.75) is 18.9 Å². The molecule has 4 aromatic rings. The molecule has 0 amide bonds. The lowest BCUT2D eigenvalue weighted by Crippen LogP contribution is -2.23. The van der Waals surface area contributed by atoms with Gasteiger partial charge in [0.05, 0.1) is 18.5 Å². The van der Waals surface area contributed by atoms with E-state index in [-0.39, 0.29) is 12.1 Å². The lowest BCUT2D eigenvalue weighted by Gasteiger charge is -2.13. The van der Waals surface area contributed by atoms with Gasteiger partial charge in [0.1, 0.15) is 5.65 Å². The fourth-order valence-electron chi connectivity index (χ4n) is 4.20. The minimum atomic E-state index is -3.48. The number of hydrogen-bond donors (Lipinski definition) is 2. The molecule has 1 aliphatic heterocycles. The van der Waals surface area contributed by atoms with Crippen LogP contribution in [-0.4, -0.2) is 46.3 Å². The van der Waals surface area contributed by atoms with Crippen LogP contribution in [0.1, 0.15) is 23.6 Å². The number of hydrogen-bond acceptors (Lipinski definition) is 7. The predicted molar refractivity (Wildman–Crippen MR) is 128 cm³/mol. The summed E-state index contributed by atoms with van der Waals surface area (Å²) in [5.41, 5.74) is 2.77. The average molecular weight is 465 g/mol. The van der Waals surface area contributed by atoms with Crippen molar-refractivity contribution in [1.29, 1.82) is 0 Å². The molecule has 0 radical (unpaired) electrons. The molecule has 33 heavy (non-hydrogen) atoms. The van der Waals surface area contributed by atoms with Crippen LogP contribution in [0.5, 0.6) is 0 Å². The van der Waals surface area contributed by atoms with Crippen molar-refractivity contribution >= 4 is 32.7 Å². The lowest BCUT2D eigenvalue weighted by atomic mass is 9.98. The van der Waals surface area contributed by atoms with Gasteiger partial charge in [0.2, 0.25) is 16.0 Å². The van der Waals surface area contributed by atoms with E-state index in [9.17, 15) is 13.2 Å². The van der Waals surface area contributed by atoms with Crippen LogP contribution in [0.25, 0.3) is 11.0 Å². The first-order valence-electron chi connectivity index (χ1n) is 10.7. The third-order valence-electron chi connectivity index (χ3n) is 5.89. The number of nitrogens with one attached hydrogen (secondary N) is 2. The Hall–Kier alpha value is -3.50. The van der Waals surface area contributed by atoms with Crippen LogP contribution in [-0.2, 0) is 16.6 Å². The summed E-state index contributed by atoms with van der Waals surface area (Å²) < 4.78 is 26.7. The molecule has 1 aromatic carbocycles. The van der Waals surface area contributed by atoms with Gasteiger partial charge in [0, 0.05) is 36.1 Å². The fourth-order valence-corrected chi connectivity index (χ4v) is 5.04. The largest absolute Gasteiger partial charge is 0.324 e. The number of aromatic nitrogens is 4. The van der Waals surface area contributed by atoms with Crippen LogP contribution < -0.4 is 16.2 Å². The maximum atomic E-state index is 12.7. The molecule has 0 aliphatic carbocycles. The number of nitrogens with zero attached hydrogens (tertiary/aromatic N) is 4. The van der Waals surface area contributed by atoms with Crippen molar-refractivity contribution in [3.63, 3.8) is 0 Å². The lowest BCUT2D eigenvalue weighted by molar-refractivity contribution is 0.589. The number of rotatable bonds is 6. The summed E-state index contributed by atoms with van der Waals surface area (Å²) >= 11 is 0. The first kappa shape index (κ1) is 21.4. The van der Waals surface area contributed by atoms with Crippen LogP contribution in [0.3, 0.4) is 0 Å². The molecule has 0 spiro atoms. The first-order valence-corrected chi connectivity index (χ1v) is 12.5. The van der Waals surface area contributed by atoms with Gasteiger partial charge in [-0.15, -0.1) is 0 Å². The maximum Gasteiger partial charge on any atom is 0.252 e. The summed E-state index contributed by atoms with van der Waals surface area (Å²) in [6, 6.07) is 14.6. The second kappa shape index (κ2) is 8.45. The molecule has 4 heterocycles. The minimum absolute atomic E-state index is 0.0663. The number of anilines is 2. The third-order valence-corrected chi connectivity index (χ3v) is 6.96. The summed E-state index contributed by atoms with van der Waals surface area (Å²) in [7, 11) is -3.48. The molecule has 2 N–H and O–H groups in total. The molecule has 1 unspecified atom stereocenters. The Morgan fingerprint density at radius 1 is 1.15 bits per heavy atom. The van der Waals surface area contributed by atoms with E-state index in [1.165, 1.54) is 26.4 Å². The molecule has 0 saturated carbocycles. The Labute approximate surface area is 191 Å². The second-order valence-corrected chi connectivity index (χ2v) is 10.1.